The van der Waals surface area contributed by atoms with Crippen LogP contribution in [0.4, 0.5) is 0 Å². The maximum absolute atomic E-state index is 5.21. The maximum Gasteiger partial charge on any atom is 0.191 e. The van der Waals surface area contributed by atoms with Crippen molar-refractivity contribution in [3.8, 4) is 5.75 Å². The second kappa shape index (κ2) is 5.57. The van der Waals surface area contributed by atoms with E-state index in [1.165, 1.54) is 0 Å². The summed E-state index contributed by atoms with van der Waals surface area (Å²) < 4.78 is 14.8. The highest BCUT2D eigenvalue weighted by atomic mass is 16.7. The number of rotatable bonds is 5. The lowest BCUT2D eigenvalue weighted by Crippen LogP contribution is -2.04. The van der Waals surface area contributed by atoms with Crippen LogP contribution >= 0.6 is 0 Å². The van der Waals surface area contributed by atoms with E-state index in [0.717, 1.165) is 5.75 Å². The van der Waals surface area contributed by atoms with E-state index < -0.39 is 0 Å². The molecule has 0 atom stereocenters. The molecule has 1 aromatic rings. The first kappa shape index (κ1) is 9.03. The molecule has 3 heteroatoms. The average molecular weight is 168 g/mol. The average Bonchev–Trinajstić information content (AvgIpc) is 2.14. The van der Waals surface area contributed by atoms with E-state index in [-0.39, 0.29) is 13.6 Å². The van der Waals surface area contributed by atoms with Crippen molar-refractivity contribution in [2.75, 3.05) is 20.7 Å². The van der Waals surface area contributed by atoms with Gasteiger partial charge in [0.2, 0.25) is 0 Å². The first-order valence-electron chi connectivity index (χ1n) is 3.68. The molecule has 66 valence electrons. The van der Waals surface area contributed by atoms with Gasteiger partial charge in [-0.05, 0) is 12.1 Å². The second-order valence-electron chi connectivity index (χ2n) is 2.19. The van der Waals surface area contributed by atoms with Gasteiger partial charge in [0.1, 0.15) is 12.5 Å². The van der Waals surface area contributed by atoms with Gasteiger partial charge in [0.25, 0.3) is 0 Å². The number of ether oxygens (including phenoxy) is 3. The molecule has 0 heterocycles. The van der Waals surface area contributed by atoms with E-state index in [0.29, 0.717) is 0 Å². The first-order chi connectivity index (χ1) is 5.93. The molecular weight excluding hydrogens is 156 g/mol. The molecule has 0 fully saturated rings. The highest BCUT2D eigenvalue weighted by Gasteiger charge is 1.89. The summed E-state index contributed by atoms with van der Waals surface area (Å²) in [6, 6.07) is 9.49. The van der Waals surface area contributed by atoms with Gasteiger partial charge in [-0.3, -0.25) is 0 Å². The zero-order valence-electron chi connectivity index (χ0n) is 7.03. The van der Waals surface area contributed by atoms with Crippen LogP contribution in [0.1, 0.15) is 0 Å². The summed E-state index contributed by atoms with van der Waals surface area (Å²) >= 11 is 0. The number of benzene rings is 1. The third kappa shape index (κ3) is 3.37. The molecule has 1 aromatic carbocycles. The van der Waals surface area contributed by atoms with Crippen molar-refractivity contribution in [3.63, 3.8) is 0 Å². The number of methoxy groups -OCH3 is 1. The predicted octanol–water partition coefficient (Wildman–Crippen LogP) is 1.64. The Hall–Kier alpha value is -1.06. The molecule has 0 aliphatic rings. The van der Waals surface area contributed by atoms with Gasteiger partial charge >= 0.3 is 0 Å². The molecule has 0 radical (unpaired) electrons. The maximum atomic E-state index is 5.21. The van der Waals surface area contributed by atoms with Crippen molar-refractivity contribution < 1.29 is 14.2 Å². The Kier molecular flexibility index (Phi) is 4.19. The fraction of sp³-hybridized carbons (Fsp3) is 0.333. The van der Waals surface area contributed by atoms with Crippen molar-refractivity contribution >= 4 is 0 Å². The molecule has 0 unspecified atom stereocenters. The Morgan fingerprint density at radius 3 is 2.50 bits per heavy atom. The minimum atomic E-state index is 0.220. The van der Waals surface area contributed by atoms with Gasteiger partial charge in [-0.15, -0.1) is 0 Å². The Balaban J connectivity index is 2.16. The van der Waals surface area contributed by atoms with Crippen LogP contribution in [0, 0.1) is 0 Å². The van der Waals surface area contributed by atoms with Crippen molar-refractivity contribution in [2.45, 2.75) is 0 Å². The standard InChI is InChI=1S/C9H12O3/c1-10-7-11-8-12-9-5-3-2-4-6-9/h2-6H,7-8H2,1H3. The lowest BCUT2D eigenvalue weighted by Gasteiger charge is -2.05. The molecule has 0 N–H and O–H groups in total. The third-order valence-corrected chi connectivity index (χ3v) is 1.25. The molecular formula is C9H12O3. The van der Waals surface area contributed by atoms with Gasteiger partial charge in [0.15, 0.2) is 6.79 Å². The van der Waals surface area contributed by atoms with Crippen LogP contribution < -0.4 is 4.74 Å². The summed E-state index contributed by atoms with van der Waals surface area (Å²) in [7, 11) is 1.57. The minimum absolute atomic E-state index is 0.220. The first-order valence-corrected chi connectivity index (χ1v) is 3.68. The molecule has 12 heavy (non-hydrogen) atoms. The van der Waals surface area contributed by atoms with E-state index in [9.17, 15) is 0 Å². The summed E-state index contributed by atoms with van der Waals surface area (Å²) in [5, 5.41) is 0. The zero-order chi connectivity index (χ0) is 8.65. The molecule has 3 nitrogen and oxygen atoms in total. The summed E-state index contributed by atoms with van der Waals surface area (Å²) in [5.74, 6) is 0.800. The van der Waals surface area contributed by atoms with Crippen LogP contribution in [0.3, 0.4) is 0 Å². The molecule has 0 saturated carbocycles. The Morgan fingerprint density at radius 1 is 1.08 bits per heavy atom. The van der Waals surface area contributed by atoms with E-state index in [2.05, 4.69) is 4.74 Å². The summed E-state index contributed by atoms with van der Waals surface area (Å²) in [4.78, 5) is 0. The van der Waals surface area contributed by atoms with E-state index in [1.807, 2.05) is 30.3 Å². The van der Waals surface area contributed by atoms with Gasteiger partial charge in [-0.2, -0.15) is 0 Å². The van der Waals surface area contributed by atoms with Crippen LogP contribution in [0.5, 0.6) is 5.75 Å². The topological polar surface area (TPSA) is 27.7 Å². The molecule has 1 rings (SSSR count). The number of hydrogen-bond acceptors (Lipinski definition) is 3. The van der Waals surface area contributed by atoms with Crippen LogP contribution in [0.15, 0.2) is 30.3 Å². The van der Waals surface area contributed by atoms with E-state index in [1.54, 1.807) is 7.11 Å². The quantitative estimate of drug-likeness (QED) is 0.494. The van der Waals surface area contributed by atoms with Crippen molar-refractivity contribution in [3.05, 3.63) is 30.3 Å². The van der Waals surface area contributed by atoms with Crippen LogP contribution in [-0.4, -0.2) is 20.7 Å². The Morgan fingerprint density at radius 2 is 1.83 bits per heavy atom. The summed E-state index contributed by atoms with van der Waals surface area (Å²) in [6.45, 7) is 0.477. The Bertz CT molecular complexity index is 198. The van der Waals surface area contributed by atoms with Gasteiger partial charge in [0.05, 0.1) is 0 Å². The lowest BCUT2D eigenvalue weighted by atomic mass is 10.3. The number of hydrogen-bond donors (Lipinski definition) is 0. The second-order valence-corrected chi connectivity index (χ2v) is 2.19. The number of para-hydroxylation sites is 1. The summed E-state index contributed by atoms with van der Waals surface area (Å²) in [6.07, 6.45) is 0. The molecule has 0 spiro atoms. The molecule has 0 bridgehead atoms. The molecule has 0 saturated heterocycles. The molecule has 0 aliphatic carbocycles. The van der Waals surface area contributed by atoms with Gasteiger partial charge in [0, 0.05) is 7.11 Å². The zero-order valence-corrected chi connectivity index (χ0v) is 7.03. The van der Waals surface area contributed by atoms with Crippen LogP contribution in [0.25, 0.3) is 0 Å². The van der Waals surface area contributed by atoms with E-state index >= 15 is 0 Å². The van der Waals surface area contributed by atoms with Crippen molar-refractivity contribution in [1.82, 2.24) is 0 Å². The van der Waals surface area contributed by atoms with Gasteiger partial charge in [-0.25, -0.2) is 0 Å². The lowest BCUT2D eigenvalue weighted by molar-refractivity contribution is -0.0835. The normalized spacial score (nSPS) is 9.75. The fourth-order valence-electron chi connectivity index (χ4n) is 0.744. The van der Waals surface area contributed by atoms with Gasteiger partial charge in [-0.1, -0.05) is 18.2 Å². The molecule has 0 aliphatic heterocycles. The largest absolute Gasteiger partial charge is 0.467 e. The molecule has 0 amide bonds. The Labute approximate surface area is 71.9 Å². The molecule has 0 aromatic heterocycles. The smallest absolute Gasteiger partial charge is 0.191 e. The van der Waals surface area contributed by atoms with Crippen LogP contribution in [-0.2, 0) is 9.47 Å². The fourth-order valence-corrected chi connectivity index (χ4v) is 0.744. The van der Waals surface area contributed by atoms with Gasteiger partial charge < -0.3 is 14.2 Å². The monoisotopic (exact) mass is 168 g/mol. The highest BCUT2D eigenvalue weighted by molar-refractivity contribution is 5.20. The van der Waals surface area contributed by atoms with Crippen molar-refractivity contribution in [1.29, 1.82) is 0 Å². The third-order valence-electron chi connectivity index (χ3n) is 1.25. The SMILES string of the molecule is COCOCOc1ccccc1. The van der Waals surface area contributed by atoms with Crippen LogP contribution in [0.2, 0.25) is 0 Å². The summed E-state index contributed by atoms with van der Waals surface area (Å²) in [5.41, 5.74) is 0. The highest BCUT2D eigenvalue weighted by Crippen LogP contribution is 2.07. The predicted molar refractivity (Wildman–Crippen MR) is 44.9 cm³/mol. The van der Waals surface area contributed by atoms with E-state index in [4.69, 9.17) is 9.47 Å². The van der Waals surface area contributed by atoms with Crippen molar-refractivity contribution in [2.24, 2.45) is 0 Å². The minimum Gasteiger partial charge on any atom is -0.467 e.